The van der Waals surface area contributed by atoms with Crippen LogP contribution >= 0.6 is 23.4 Å². The molecule has 5 nitrogen and oxygen atoms in total. The summed E-state index contributed by atoms with van der Waals surface area (Å²) < 4.78 is 5.75. The van der Waals surface area contributed by atoms with E-state index in [0.29, 0.717) is 29.0 Å². The second-order valence-electron chi connectivity index (χ2n) is 5.78. The fourth-order valence-corrected chi connectivity index (χ4v) is 3.10. The molecule has 1 unspecified atom stereocenters. The van der Waals surface area contributed by atoms with Gasteiger partial charge < -0.3 is 15.1 Å². The standard InChI is InChI=1S/C18H24ClN3O2S/c1-4-20-12(2)9-22-18(23)13(3)25-11-17-21-10-16(24-17)14-5-7-15(19)8-6-14/h5-8,10,12-13,20H,4,9,11H2,1-3H3,(H,22,23)/t12-,13?/m1/s1. The second kappa shape index (κ2) is 9.85. The Hall–Kier alpha value is -1.50. The predicted molar refractivity (Wildman–Crippen MR) is 104 cm³/mol. The van der Waals surface area contributed by atoms with E-state index in [-0.39, 0.29) is 17.2 Å². The number of hydrogen-bond acceptors (Lipinski definition) is 5. The molecule has 1 amide bonds. The molecule has 2 rings (SSSR count). The maximum Gasteiger partial charge on any atom is 0.232 e. The van der Waals surface area contributed by atoms with Crippen LogP contribution in [0.4, 0.5) is 0 Å². The van der Waals surface area contributed by atoms with E-state index in [9.17, 15) is 4.79 Å². The molecule has 2 atom stereocenters. The van der Waals surface area contributed by atoms with Crippen molar-refractivity contribution in [2.45, 2.75) is 37.8 Å². The van der Waals surface area contributed by atoms with Crippen molar-refractivity contribution in [2.75, 3.05) is 13.1 Å². The minimum absolute atomic E-state index is 0.0271. The highest BCUT2D eigenvalue weighted by atomic mass is 35.5. The minimum atomic E-state index is -0.167. The van der Waals surface area contributed by atoms with Gasteiger partial charge in [-0.05, 0) is 44.7 Å². The predicted octanol–water partition coefficient (Wildman–Crippen LogP) is 3.73. The first-order chi connectivity index (χ1) is 12.0. The summed E-state index contributed by atoms with van der Waals surface area (Å²) in [6.45, 7) is 7.50. The van der Waals surface area contributed by atoms with Crippen molar-refractivity contribution in [3.05, 3.63) is 41.4 Å². The van der Waals surface area contributed by atoms with Crippen LogP contribution < -0.4 is 10.6 Å². The average molecular weight is 382 g/mol. The van der Waals surface area contributed by atoms with E-state index < -0.39 is 0 Å². The van der Waals surface area contributed by atoms with Gasteiger partial charge in [0.2, 0.25) is 11.8 Å². The van der Waals surface area contributed by atoms with Crippen LogP contribution in [0.15, 0.2) is 34.9 Å². The number of nitrogens with one attached hydrogen (secondary N) is 2. The van der Waals surface area contributed by atoms with Gasteiger partial charge in [-0.25, -0.2) is 4.98 Å². The first-order valence-corrected chi connectivity index (χ1v) is 9.75. The molecule has 0 aliphatic heterocycles. The molecule has 7 heteroatoms. The molecule has 2 N–H and O–H groups in total. The molecule has 2 aromatic rings. The first kappa shape index (κ1) is 19.8. The molecule has 1 heterocycles. The van der Waals surface area contributed by atoms with Gasteiger partial charge in [0.25, 0.3) is 0 Å². The van der Waals surface area contributed by atoms with Crippen molar-refractivity contribution in [1.82, 2.24) is 15.6 Å². The summed E-state index contributed by atoms with van der Waals surface area (Å²) in [6, 6.07) is 7.67. The molecule has 0 spiro atoms. The van der Waals surface area contributed by atoms with Crippen LogP contribution in [0.25, 0.3) is 11.3 Å². The van der Waals surface area contributed by atoms with Crippen molar-refractivity contribution in [3.8, 4) is 11.3 Å². The molecule has 0 aliphatic carbocycles. The number of thioether (sulfide) groups is 1. The molecule has 1 aromatic heterocycles. The second-order valence-corrected chi connectivity index (χ2v) is 7.55. The Balaban J connectivity index is 1.81. The lowest BCUT2D eigenvalue weighted by molar-refractivity contribution is -0.120. The van der Waals surface area contributed by atoms with Crippen molar-refractivity contribution < 1.29 is 9.21 Å². The molecular weight excluding hydrogens is 358 g/mol. The topological polar surface area (TPSA) is 67.2 Å². The Morgan fingerprint density at radius 3 is 2.72 bits per heavy atom. The SMILES string of the molecule is CCN[C@H](C)CNC(=O)C(C)SCc1ncc(-c2ccc(Cl)cc2)o1. The third kappa shape index (κ3) is 6.38. The van der Waals surface area contributed by atoms with E-state index in [0.717, 1.165) is 12.1 Å². The number of aromatic nitrogens is 1. The largest absolute Gasteiger partial charge is 0.440 e. The number of oxazole rings is 1. The Morgan fingerprint density at radius 2 is 2.04 bits per heavy atom. The lowest BCUT2D eigenvalue weighted by Crippen LogP contribution is -2.41. The summed E-state index contributed by atoms with van der Waals surface area (Å²) in [5.74, 6) is 1.88. The van der Waals surface area contributed by atoms with Gasteiger partial charge in [0.05, 0.1) is 17.2 Å². The molecule has 0 saturated heterocycles. The molecule has 136 valence electrons. The van der Waals surface area contributed by atoms with E-state index in [1.54, 1.807) is 6.20 Å². The lowest BCUT2D eigenvalue weighted by Gasteiger charge is -2.15. The zero-order chi connectivity index (χ0) is 18.2. The van der Waals surface area contributed by atoms with Gasteiger partial charge in [0, 0.05) is 23.2 Å². The number of rotatable bonds is 9. The monoisotopic (exact) mass is 381 g/mol. The minimum Gasteiger partial charge on any atom is -0.440 e. The highest BCUT2D eigenvalue weighted by Gasteiger charge is 2.16. The van der Waals surface area contributed by atoms with Crippen LogP contribution in [-0.4, -0.2) is 35.3 Å². The van der Waals surface area contributed by atoms with Crippen LogP contribution in [0.5, 0.6) is 0 Å². The Morgan fingerprint density at radius 1 is 1.32 bits per heavy atom. The molecule has 0 aliphatic rings. The molecule has 0 fully saturated rings. The third-order valence-corrected chi connectivity index (χ3v) is 5.02. The number of amides is 1. The number of likely N-dealkylation sites (N-methyl/N-ethyl adjacent to an activating group) is 1. The van der Waals surface area contributed by atoms with Gasteiger partial charge in [-0.1, -0.05) is 18.5 Å². The fraction of sp³-hybridized carbons (Fsp3) is 0.444. The van der Waals surface area contributed by atoms with Crippen LogP contribution in [-0.2, 0) is 10.5 Å². The lowest BCUT2D eigenvalue weighted by atomic mass is 10.2. The molecular formula is C18H24ClN3O2S. The fourth-order valence-electron chi connectivity index (χ4n) is 2.21. The Kier molecular flexibility index (Phi) is 7.81. The number of carbonyl (C=O) groups is 1. The van der Waals surface area contributed by atoms with E-state index >= 15 is 0 Å². The molecule has 0 radical (unpaired) electrons. The summed E-state index contributed by atoms with van der Waals surface area (Å²) in [6.07, 6.45) is 1.70. The summed E-state index contributed by atoms with van der Waals surface area (Å²) in [5.41, 5.74) is 0.927. The van der Waals surface area contributed by atoms with Crippen molar-refractivity contribution >= 4 is 29.3 Å². The molecule has 0 bridgehead atoms. The van der Waals surface area contributed by atoms with E-state index in [1.807, 2.05) is 45.0 Å². The van der Waals surface area contributed by atoms with Gasteiger partial charge >= 0.3 is 0 Å². The molecule has 0 saturated carbocycles. The van der Waals surface area contributed by atoms with E-state index in [1.165, 1.54) is 11.8 Å². The van der Waals surface area contributed by atoms with Gasteiger partial charge in [0.15, 0.2) is 5.76 Å². The van der Waals surface area contributed by atoms with E-state index in [4.69, 9.17) is 16.0 Å². The Bertz CT molecular complexity index is 675. The number of hydrogen-bond donors (Lipinski definition) is 2. The number of nitrogens with zero attached hydrogens (tertiary/aromatic N) is 1. The van der Waals surface area contributed by atoms with Crippen LogP contribution in [0.2, 0.25) is 5.02 Å². The summed E-state index contributed by atoms with van der Waals surface area (Å²) in [7, 11) is 0. The van der Waals surface area contributed by atoms with E-state index in [2.05, 4.69) is 15.6 Å². The average Bonchev–Trinajstić information content (AvgIpc) is 3.07. The van der Waals surface area contributed by atoms with Crippen LogP contribution in [0.1, 0.15) is 26.7 Å². The van der Waals surface area contributed by atoms with Crippen LogP contribution in [0.3, 0.4) is 0 Å². The quantitative estimate of drug-likeness (QED) is 0.692. The van der Waals surface area contributed by atoms with Gasteiger partial charge in [-0.2, -0.15) is 0 Å². The first-order valence-electron chi connectivity index (χ1n) is 8.33. The third-order valence-electron chi connectivity index (χ3n) is 3.64. The summed E-state index contributed by atoms with van der Waals surface area (Å²) >= 11 is 7.39. The highest BCUT2D eigenvalue weighted by Crippen LogP contribution is 2.25. The molecule has 25 heavy (non-hydrogen) atoms. The number of halogens is 1. The molecule has 1 aromatic carbocycles. The Labute approximate surface area is 157 Å². The van der Waals surface area contributed by atoms with Crippen molar-refractivity contribution in [1.29, 1.82) is 0 Å². The van der Waals surface area contributed by atoms with Gasteiger partial charge in [0.1, 0.15) is 0 Å². The van der Waals surface area contributed by atoms with Crippen molar-refractivity contribution in [3.63, 3.8) is 0 Å². The summed E-state index contributed by atoms with van der Waals surface area (Å²) in [5, 5.41) is 6.73. The van der Waals surface area contributed by atoms with Gasteiger partial charge in [-0.3, -0.25) is 4.79 Å². The number of carbonyl (C=O) groups excluding carboxylic acids is 1. The van der Waals surface area contributed by atoms with Crippen molar-refractivity contribution in [2.24, 2.45) is 0 Å². The van der Waals surface area contributed by atoms with Crippen LogP contribution in [0, 0.1) is 0 Å². The maximum atomic E-state index is 12.1. The highest BCUT2D eigenvalue weighted by molar-refractivity contribution is 7.99. The zero-order valence-electron chi connectivity index (χ0n) is 14.7. The maximum absolute atomic E-state index is 12.1. The smallest absolute Gasteiger partial charge is 0.232 e. The summed E-state index contributed by atoms with van der Waals surface area (Å²) in [4.78, 5) is 16.4. The zero-order valence-corrected chi connectivity index (χ0v) is 16.3. The number of benzene rings is 1. The normalized spacial score (nSPS) is 13.4. The van der Waals surface area contributed by atoms with Gasteiger partial charge in [-0.15, -0.1) is 11.8 Å².